The van der Waals surface area contributed by atoms with Gasteiger partial charge < -0.3 is 18.9 Å². The van der Waals surface area contributed by atoms with Crippen LogP contribution in [0, 0.1) is 90.6 Å². The minimum Gasteiger partial charge on any atom is -0.429 e. The second kappa shape index (κ2) is 32.8. The normalized spacial score (nSPS) is 11.5. The van der Waals surface area contributed by atoms with E-state index < -0.39 is 139 Å². The maximum atomic E-state index is 14.3. The smallest absolute Gasteiger partial charge is 0.426 e. The lowest BCUT2D eigenvalue weighted by Crippen LogP contribution is -2.22. The molecule has 0 saturated heterocycles. The first-order chi connectivity index (χ1) is 49.6. The number of ether oxygens (including phenoxy) is 4. The molecule has 0 unspecified atom stereocenters. The van der Waals surface area contributed by atoms with E-state index in [0.717, 1.165) is 110 Å². The fourth-order valence-electron chi connectivity index (χ4n) is 9.79. The van der Waals surface area contributed by atoms with Crippen LogP contribution in [-0.4, -0.2) is 0 Å². The van der Waals surface area contributed by atoms with Gasteiger partial charge in [0.05, 0.1) is 22.3 Å². The second-order valence-corrected chi connectivity index (χ2v) is 23.2. The van der Waals surface area contributed by atoms with Crippen molar-refractivity contribution in [2.75, 3.05) is 0 Å². The molecular formula is C81H54F20O4. The molecule has 0 radical (unpaired) electrons. The Labute approximate surface area is 587 Å². The molecule has 0 atom stereocenters. The quantitative estimate of drug-likeness (QED) is 0.0673. The number of rotatable bonds is 17. The largest absolute Gasteiger partial charge is 0.429 e. The standard InChI is InChI=1S/C21H15F5O.3C20H13F5O/c1-2-13-3-5-14(6-4-13)15-7-9-16(10-8-15)21(25,26)27-17-11-18(22)20(24)19(23)12-17;3*1-12-2-4-13(5-3-12)14-6-8-15(9-7-14)20(24,25)26-16-10-17(21)19(23)18(22)11-16/h3-12H,2H2,1H3;3*2-11H,1H3. The maximum Gasteiger partial charge on any atom is 0.426 e. The summed E-state index contributed by atoms with van der Waals surface area (Å²) in [7, 11) is 0. The molecule has 4 nitrogen and oxygen atoms in total. The first-order valence-electron chi connectivity index (χ1n) is 31.2. The minimum absolute atomic E-state index is 0.368. The summed E-state index contributed by atoms with van der Waals surface area (Å²) >= 11 is 0. The Hall–Kier alpha value is -11.6. The highest BCUT2D eigenvalue weighted by Crippen LogP contribution is 2.39. The van der Waals surface area contributed by atoms with Gasteiger partial charge in [0.1, 0.15) is 23.0 Å². The van der Waals surface area contributed by atoms with E-state index in [0.29, 0.717) is 48.5 Å². The number of halogens is 20. The maximum absolute atomic E-state index is 14.3. The van der Waals surface area contributed by atoms with Gasteiger partial charge >= 0.3 is 24.4 Å². The molecule has 542 valence electrons. The van der Waals surface area contributed by atoms with Gasteiger partial charge in [-0.25, -0.2) is 52.7 Å². The van der Waals surface area contributed by atoms with Gasteiger partial charge in [-0.3, -0.25) is 0 Å². The number of hydrogen-bond acceptors (Lipinski definition) is 4. The van der Waals surface area contributed by atoms with Gasteiger partial charge in [-0.1, -0.05) is 169 Å². The summed E-state index contributed by atoms with van der Waals surface area (Å²) in [5.41, 5.74) is 8.72. The Morgan fingerprint density at radius 3 is 0.514 bits per heavy atom. The zero-order valence-corrected chi connectivity index (χ0v) is 55.0. The summed E-state index contributed by atoms with van der Waals surface area (Å²) in [6.45, 7) is 7.84. The molecule has 12 aromatic carbocycles. The van der Waals surface area contributed by atoms with E-state index in [4.69, 9.17) is 0 Å². The molecule has 0 aliphatic carbocycles. The van der Waals surface area contributed by atoms with Crippen molar-refractivity contribution >= 4 is 0 Å². The summed E-state index contributed by atoms with van der Waals surface area (Å²) in [5.74, 6) is -23.1. The lowest BCUT2D eigenvalue weighted by molar-refractivity contribution is -0.186. The molecule has 0 fully saturated rings. The summed E-state index contributed by atoms with van der Waals surface area (Å²) in [5, 5.41) is 0. The van der Waals surface area contributed by atoms with Crippen molar-refractivity contribution in [3.63, 3.8) is 0 Å². The first-order valence-corrected chi connectivity index (χ1v) is 31.2. The molecule has 105 heavy (non-hydrogen) atoms. The number of hydrogen-bond donors (Lipinski definition) is 0. The van der Waals surface area contributed by atoms with Gasteiger partial charge in [-0.05, 0) is 126 Å². The van der Waals surface area contributed by atoms with Crippen molar-refractivity contribution in [2.24, 2.45) is 0 Å². The molecule has 0 amide bonds. The van der Waals surface area contributed by atoms with Crippen LogP contribution < -0.4 is 18.9 Å². The molecule has 24 heteroatoms. The average Bonchev–Trinajstić information content (AvgIpc) is 0.811. The molecule has 0 saturated carbocycles. The van der Waals surface area contributed by atoms with Gasteiger partial charge in [0.2, 0.25) is 0 Å². The van der Waals surface area contributed by atoms with E-state index >= 15 is 0 Å². The molecule has 0 heterocycles. The summed E-state index contributed by atoms with van der Waals surface area (Å²) in [4.78, 5) is 0. The topological polar surface area (TPSA) is 36.9 Å². The summed E-state index contributed by atoms with van der Waals surface area (Å²) in [6.07, 6.45) is -14.5. The van der Waals surface area contributed by atoms with Crippen LogP contribution >= 0.6 is 0 Å². The van der Waals surface area contributed by atoms with Crippen LogP contribution in [0.5, 0.6) is 23.0 Å². The van der Waals surface area contributed by atoms with Crippen LogP contribution in [0.1, 0.15) is 51.4 Å². The van der Waals surface area contributed by atoms with Gasteiger partial charge in [-0.15, -0.1) is 0 Å². The third-order valence-corrected chi connectivity index (χ3v) is 15.5. The molecule has 0 aromatic heterocycles. The SMILES string of the molecule is CCc1ccc(-c2ccc(C(F)(F)Oc3cc(F)c(F)c(F)c3)cc2)cc1.Cc1ccc(-c2ccc(C(F)(F)Oc3cc(F)c(F)c(F)c3)cc2)cc1.Cc1ccc(-c2ccc(C(F)(F)Oc3cc(F)c(F)c(F)c3)cc2)cc1.Cc1ccc(-c2ccc(C(F)(F)Oc3cc(F)c(F)c(F)c3)cc2)cc1. The van der Waals surface area contributed by atoms with E-state index in [-0.39, 0.29) is 0 Å². The van der Waals surface area contributed by atoms with Crippen LogP contribution in [0.4, 0.5) is 87.8 Å². The Balaban J connectivity index is 0.000000162. The van der Waals surface area contributed by atoms with Crippen LogP contribution in [0.25, 0.3) is 44.5 Å². The molecule has 0 spiro atoms. The molecule has 0 aliphatic heterocycles. The number of aryl methyl sites for hydroxylation is 4. The monoisotopic (exact) mass is 1470 g/mol. The van der Waals surface area contributed by atoms with Crippen molar-refractivity contribution in [3.05, 3.63) is 357 Å². The zero-order valence-electron chi connectivity index (χ0n) is 55.0. The van der Waals surface area contributed by atoms with Crippen molar-refractivity contribution < 1.29 is 107 Å². The average molecular weight is 1470 g/mol. The Morgan fingerprint density at radius 2 is 0.362 bits per heavy atom. The van der Waals surface area contributed by atoms with Crippen LogP contribution in [-0.2, 0) is 30.9 Å². The van der Waals surface area contributed by atoms with Gasteiger partial charge in [0.15, 0.2) is 69.8 Å². The lowest BCUT2D eigenvalue weighted by Gasteiger charge is -2.19. The zero-order chi connectivity index (χ0) is 76.3. The van der Waals surface area contributed by atoms with Crippen molar-refractivity contribution in [1.82, 2.24) is 0 Å². The van der Waals surface area contributed by atoms with E-state index in [1.165, 1.54) is 60.7 Å². The summed E-state index contributed by atoms with van der Waals surface area (Å²) < 4.78 is 288. The molecule has 12 rings (SSSR count). The highest BCUT2D eigenvalue weighted by molar-refractivity contribution is 5.67. The van der Waals surface area contributed by atoms with Crippen LogP contribution in [0.2, 0.25) is 0 Å². The molecular weight excluding hydrogens is 1420 g/mol. The minimum atomic E-state index is -3.85. The van der Waals surface area contributed by atoms with Crippen LogP contribution in [0.3, 0.4) is 0 Å². The fourth-order valence-corrected chi connectivity index (χ4v) is 9.79. The van der Waals surface area contributed by atoms with Crippen molar-refractivity contribution in [3.8, 4) is 67.5 Å². The predicted molar refractivity (Wildman–Crippen MR) is 354 cm³/mol. The van der Waals surface area contributed by atoms with Gasteiger partial charge in [-0.2, -0.15) is 35.1 Å². The van der Waals surface area contributed by atoms with Crippen molar-refractivity contribution in [2.45, 2.75) is 58.6 Å². The summed E-state index contributed by atoms with van der Waals surface area (Å²) in [6, 6.07) is 54.5. The van der Waals surface area contributed by atoms with Crippen molar-refractivity contribution in [1.29, 1.82) is 0 Å². The van der Waals surface area contributed by atoms with Crippen LogP contribution in [0.15, 0.2) is 243 Å². The number of alkyl halides is 8. The Morgan fingerprint density at radius 1 is 0.219 bits per heavy atom. The molecule has 0 N–H and O–H groups in total. The fraction of sp³-hybridized carbons (Fsp3) is 0.111. The highest BCUT2D eigenvalue weighted by Gasteiger charge is 2.39. The third kappa shape index (κ3) is 20.0. The Kier molecular flexibility index (Phi) is 24.3. The predicted octanol–water partition coefficient (Wildman–Crippen LogP) is 25.1. The second-order valence-electron chi connectivity index (χ2n) is 23.2. The van der Waals surface area contributed by atoms with E-state index in [2.05, 4.69) is 18.9 Å². The van der Waals surface area contributed by atoms with Gasteiger partial charge in [0.25, 0.3) is 0 Å². The van der Waals surface area contributed by atoms with Gasteiger partial charge in [0, 0.05) is 48.5 Å². The Bertz CT molecular complexity index is 4480. The molecule has 0 bridgehead atoms. The molecule has 0 aliphatic rings. The lowest BCUT2D eigenvalue weighted by atomic mass is 10.0. The third-order valence-electron chi connectivity index (χ3n) is 15.5. The highest BCUT2D eigenvalue weighted by atomic mass is 19.3. The van der Waals surface area contributed by atoms with E-state index in [1.54, 1.807) is 0 Å². The first kappa shape index (κ1) is 77.6. The van der Waals surface area contributed by atoms with E-state index in [9.17, 15) is 87.8 Å². The number of benzene rings is 12. The van der Waals surface area contributed by atoms with E-state index in [1.807, 2.05) is 125 Å². The molecule has 12 aromatic rings.